The molecule has 0 bridgehead atoms. The molecular weight excluding hydrogens is 334 g/mol. The standard InChI is InChI=1S/C19H19N3O4/c1-13(2)21-17(23)18(24)22-20-12-14-8-10-16(11-9-14)26-19(25)15-6-4-3-5-7-15/h3-13H,1-2H3,(H,21,23)(H,22,24)/b20-12-. The SMILES string of the molecule is CC(C)NC(=O)C(=O)N/N=C\c1ccc(OC(=O)c2ccccc2)cc1. The molecule has 134 valence electrons. The van der Waals surface area contributed by atoms with E-state index in [0.717, 1.165) is 0 Å². The Hall–Kier alpha value is -3.48. The van der Waals surface area contributed by atoms with Crippen LogP contribution in [0.2, 0.25) is 0 Å². The molecule has 7 heteroatoms. The van der Waals surface area contributed by atoms with Gasteiger partial charge in [0.05, 0.1) is 11.8 Å². The fraction of sp³-hybridized carbons (Fsp3) is 0.158. The average Bonchev–Trinajstić information content (AvgIpc) is 2.63. The molecule has 0 atom stereocenters. The first-order chi connectivity index (χ1) is 12.5. The number of hydrogen-bond donors (Lipinski definition) is 2. The third kappa shape index (κ3) is 5.86. The normalized spacial score (nSPS) is 10.6. The summed E-state index contributed by atoms with van der Waals surface area (Å²) < 4.78 is 5.26. The highest BCUT2D eigenvalue weighted by atomic mass is 16.5. The number of nitrogens with one attached hydrogen (secondary N) is 2. The van der Waals surface area contributed by atoms with Gasteiger partial charge in [-0.1, -0.05) is 18.2 Å². The van der Waals surface area contributed by atoms with Crippen molar-refractivity contribution in [3.8, 4) is 5.75 Å². The van der Waals surface area contributed by atoms with E-state index in [2.05, 4.69) is 15.8 Å². The summed E-state index contributed by atoms with van der Waals surface area (Å²) in [7, 11) is 0. The van der Waals surface area contributed by atoms with Crippen LogP contribution in [0.1, 0.15) is 29.8 Å². The maximum Gasteiger partial charge on any atom is 0.343 e. The maximum atomic E-state index is 12.0. The fourth-order valence-electron chi connectivity index (χ4n) is 1.91. The van der Waals surface area contributed by atoms with Gasteiger partial charge >= 0.3 is 17.8 Å². The van der Waals surface area contributed by atoms with Gasteiger partial charge in [0.2, 0.25) is 0 Å². The Balaban J connectivity index is 1.88. The zero-order valence-corrected chi connectivity index (χ0v) is 14.4. The van der Waals surface area contributed by atoms with Crippen molar-refractivity contribution < 1.29 is 19.1 Å². The number of esters is 1. The molecule has 2 amide bonds. The number of rotatable bonds is 5. The Kier molecular flexibility index (Phi) is 6.61. The summed E-state index contributed by atoms with van der Waals surface area (Å²) in [5, 5.41) is 6.17. The van der Waals surface area contributed by atoms with E-state index in [0.29, 0.717) is 16.9 Å². The van der Waals surface area contributed by atoms with E-state index in [9.17, 15) is 14.4 Å². The van der Waals surface area contributed by atoms with E-state index >= 15 is 0 Å². The van der Waals surface area contributed by atoms with Crippen molar-refractivity contribution in [2.24, 2.45) is 5.10 Å². The van der Waals surface area contributed by atoms with Crippen LogP contribution in [0, 0.1) is 0 Å². The highest BCUT2D eigenvalue weighted by Gasteiger charge is 2.12. The number of ether oxygens (including phenoxy) is 1. The number of carbonyl (C=O) groups excluding carboxylic acids is 3. The zero-order chi connectivity index (χ0) is 18.9. The molecule has 26 heavy (non-hydrogen) atoms. The average molecular weight is 353 g/mol. The van der Waals surface area contributed by atoms with Gasteiger partial charge in [0, 0.05) is 6.04 Å². The Morgan fingerprint density at radius 1 is 0.962 bits per heavy atom. The van der Waals surface area contributed by atoms with Gasteiger partial charge in [-0.15, -0.1) is 0 Å². The highest BCUT2D eigenvalue weighted by molar-refractivity contribution is 6.35. The molecule has 2 rings (SSSR count). The van der Waals surface area contributed by atoms with Crippen molar-refractivity contribution in [1.29, 1.82) is 0 Å². The van der Waals surface area contributed by atoms with Gasteiger partial charge in [-0.05, 0) is 55.8 Å². The minimum atomic E-state index is -0.844. The number of carbonyl (C=O) groups is 3. The molecule has 0 aliphatic heterocycles. The van der Waals surface area contributed by atoms with Crippen LogP contribution < -0.4 is 15.5 Å². The predicted molar refractivity (Wildman–Crippen MR) is 96.9 cm³/mol. The Labute approximate surface area is 151 Å². The number of benzene rings is 2. The quantitative estimate of drug-likeness (QED) is 0.282. The lowest BCUT2D eigenvalue weighted by Gasteiger charge is -2.06. The summed E-state index contributed by atoms with van der Waals surface area (Å²) in [5.41, 5.74) is 3.26. The molecule has 0 aliphatic rings. The summed E-state index contributed by atoms with van der Waals surface area (Å²) >= 11 is 0. The van der Waals surface area contributed by atoms with Crippen LogP contribution >= 0.6 is 0 Å². The van der Waals surface area contributed by atoms with E-state index in [1.165, 1.54) is 6.21 Å². The van der Waals surface area contributed by atoms with E-state index in [1.807, 2.05) is 6.07 Å². The lowest BCUT2D eigenvalue weighted by atomic mass is 10.2. The molecule has 7 nitrogen and oxygen atoms in total. The van der Waals surface area contributed by atoms with E-state index < -0.39 is 17.8 Å². The molecular formula is C19H19N3O4. The minimum Gasteiger partial charge on any atom is -0.423 e. The lowest BCUT2D eigenvalue weighted by Crippen LogP contribution is -2.41. The second-order valence-electron chi connectivity index (χ2n) is 5.65. The molecule has 0 fully saturated rings. The topological polar surface area (TPSA) is 96.9 Å². The van der Waals surface area contributed by atoms with Crippen molar-refractivity contribution in [3.05, 3.63) is 65.7 Å². The van der Waals surface area contributed by atoms with Gasteiger partial charge in [0.1, 0.15) is 5.75 Å². The summed E-state index contributed by atoms with van der Waals surface area (Å²) in [5.74, 6) is -1.66. The summed E-state index contributed by atoms with van der Waals surface area (Å²) in [6.07, 6.45) is 1.38. The summed E-state index contributed by atoms with van der Waals surface area (Å²) in [6.45, 7) is 3.50. The van der Waals surface area contributed by atoms with Crippen molar-refractivity contribution in [3.63, 3.8) is 0 Å². The molecule has 0 heterocycles. The van der Waals surface area contributed by atoms with Crippen LogP contribution in [0.3, 0.4) is 0 Å². The van der Waals surface area contributed by atoms with Crippen LogP contribution in [0.4, 0.5) is 0 Å². The molecule has 0 spiro atoms. The van der Waals surface area contributed by atoms with E-state index in [-0.39, 0.29) is 6.04 Å². The van der Waals surface area contributed by atoms with Crippen LogP contribution in [0.15, 0.2) is 59.7 Å². The maximum absolute atomic E-state index is 12.0. The Bertz CT molecular complexity index is 799. The molecule has 0 saturated heterocycles. The van der Waals surface area contributed by atoms with Crippen LogP contribution in [0.25, 0.3) is 0 Å². The number of amides is 2. The van der Waals surface area contributed by atoms with Gasteiger partial charge in [-0.2, -0.15) is 5.10 Å². The van der Waals surface area contributed by atoms with Crippen LogP contribution in [0.5, 0.6) is 5.75 Å². The largest absolute Gasteiger partial charge is 0.423 e. The second kappa shape index (κ2) is 9.12. The molecule has 0 aliphatic carbocycles. The van der Waals surface area contributed by atoms with Gasteiger partial charge < -0.3 is 10.1 Å². The Morgan fingerprint density at radius 3 is 2.23 bits per heavy atom. The van der Waals surface area contributed by atoms with Crippen molar-refractivity contribution >= 4 is 24.0 Å². The van der Waals surface area contributed by atoms with Gasteiger partial charge in [0.25, 0.3) is 0 Å². The molecule has 0 saturated carbocycles. The van der Waals surface area contributed by atoms with E-state index in [1.54, 1.807) is 62.4 Å². The molecule has 0 radical (unpaired) electrons. The van der Waals surface area contributed by atoms with Crippen molar-refractivity contribution in [1.82, 2.24) is 10.7 Å². The van der Waals surface area contributed by atoms with Gasteiger partial charge in [-0.3, -0.25) is 9.59 Å². The predicted octanol–water partition coefficient (Wildman–Crippen LogP) is 1.88. The first kappa shape index (κ1) is 18.9. The summed E-state index contributed by atoms with van der Waals surface area (Å²) in [6, 6.07) is 15.1. The zero-order valence-electron chi connectivity index (χ0n) is 14.4. The third-order valence-corrected chi connectivity index (χ3v) is 3.11. The first-order valence-electron chi connectivity index (χ1n) is 7.97. The minimum absolute atomic E-state index is 0.136. The lowest BCUT2D eigenvalue weighted by molar-refractivity contribution is -0.139. The molecule has 2 N–H and O–H groups in total. The molecule has 0 unspecified atom stereocenters. The fourth-order valence-corrected chi connectivity index (χ4v) is 1.91. The number of hydrazone groups is 1. The van der Waals surface area contributed by atoms with Gasteiger partial charge in [-0.25, -0.2) is 10.2 Å². The smallest absolute Gasteiger partial charge is 0.343 e. The van der Waals surface area contributed by atoms with Crippen LogP contribution in [-0.4, -0.2) is 30.0 Å². The van der Waals surface area contributed by atoms with Crippen molar-refractivity contribution in [2.45, 2.75) is 19.9 Å². The molecule has 0 aromatic heterocycles. The van der Waals surface area contributed by atoms with Crippen molar-refractivity contribution in [2.75, 3.05) is 0 Å². The monoisotopic (exact) mass is 353 g/mol. The third-order valence-electron chi connectivity index (χ3n) is 3.11. The summed E-state index contributed by atoms with van der Waals surface area (Å²) in [4.78, 5) is 34.9. The van der Waals surface area contributed by atoms with Gasteiger partial charge in [0.15, 0.2) is 0 Å². The number of hydrogen-bond acceptors (Lipinski definition) is 5. The first-order valence-corrected chi connectivity index (χ1v) is 7.97. The molecule has 2 aromatic rings. The molecule has 2 aromatic carbocycles. The Morgan fingerprint density at radius 2 is 1.62 bits per heavy atom. The number of nitrogens with zero attached hydrogens (tertiary/aromatic N) is 1. The van der Waals surface area contributed by atoms with Crippen LogP contribution in [-0.2, 0) is 9.59 Å². The highest BCUT2D eigenvalue weighted by Crippen LogP contribution is 2.13. The second-order valence-corrected chi connectivity index (χ2v) is 5.65. The van der Waals surface area contributed by atoms with E-state index in [4.69, 9.17) is 4.74 Å².